The van der Waals surface area contributed by atoms with Gasteiger partial charge in [-0.15, -0.1) is 17.9 Å². The zero-order chi connectivity index (χ0) is 27.3. The molecule has 8 atom stereocenters. The molecule has 0 radical (unpaired) electrons. The van der Waals surface area contributed by atoms with Crippen LogP contribution in [0.25, 0.3) is 11.3 Å². The van der Waals surface area contributed by atoms with Gasteiger partial charge in [-0.2, -0.15) is 0 Å². The van der Waals surface area contributed by atoms with Gasteiger partial charge in [0.05, 0.1) is 17.6 Å². The van der Waals surface area contributed by atoms with E-state index in [1.807, 2.05) is 30.5 Å². The summed E-state index contributed by atoms with van der Waals surface area (Å²) in [6.45, 7) is 12.6. The van der Waals surface area contributed by atoms with Crippen molar-refractivity contribution in [2.75, 3.05) is 5.75 Å². The van der Waals surface area contributed by atoms with Crippen LogP contribution < -0.4 is 0 Å². The van der Waals surface area contributed by atoms with Gasteiger partial charge in [0.2, 0.25) is 0 Å². The number of ketones is 1. The molecule has 8 heteroatoms. The van der Waals surface area contributed by atoms with Gasteiger partial charge in [-0.25, -0.2) is 4.98 Å². The number of ether oxygens (including phenoxy) is 1. The Morgan fingerprint density at radius 1 is 1.29 bits per heavy atom. The lowest BCUT2D eigenvalue weighted by molar-refractivity contribution is -0.205. The Hall–Kier alpha value is -2.03. The van der Waals surface area contributed by atoms with E-state index in [1.165, 1.54) is 23.1 Å². The summed E-state index contributed by atoms with van der Waals surface area (Å²) in [7, 11) is 0. The Bertz CT molecular complexity index is 1220. The number of aliphatic hydroxyl groups excluding tert-OH is 1. The second kappa shape index (κ2) is 10.2. The maximum absolute atomic E-state index is 13.5. The third-order valence-electron chi connectivity index (χ3n) is 10.3. The number of thiazole rings is 1. The molecular weight excluding hydrogens is 516 g/mol. The van der Waals surface area contributed by atoms with Crippen molar-refractivity contribution in [3.05, 3.63) is 42.6 Å². The van der Waals surface area contributed by atoms with E-state index in [2.05, 4.69) is 37.3 Å². The number of rotatable bonds is 6. The van der Waals surface area contributed by atoms with Crippen molar-refractivity contribution < 1.29 is 19.4 Å². The zero-order valence-electron chi connectivity index (χ0n) is 22.7. The van der Waals surface area contributed by atoms with Crippen molar-refractivity contribution in [3.63, 3.8) is 0 Å². The number of carbonyl (C=O) groups excluding carboxylic acids is 2. The van der Waals surface area contributed by atoms with E-state index in [9.17, 15) is 14.7 Å². The van der Waals surface area contributed by atoms with Crippen molar-refractivity contribution in [1.29, 1.82) is 0 Å². The van der Waals surface area contributed by atoms with Gasteiger partial charge in [0.25, 0.3) is 0 Å². The first kappa shape index (κ1) is 27.5. The highest BCUT2D eigenvalue weighted by molar-refractivity contribution is 8.01. The quantitative estimate of drug-likeness (QED) is 0.258. The molecule has 3 fully saturated rings. The van der Waals surface area contributed by atoms with Crippen LogP contribution in [0.1, 0.15) is 59.8 Å². The van der Waals surface area contributed by atoms with Gasteiger partial charge in [-0.3, -0.25) is 14.6 Å². The molecule has 0 amide bonds. The van der Waals surface area contributed by atoms with Crippen molar-refractivity contribution in [3.8, 4) is 11.3 Å². The summed E-state index contributed by atoms with van der Waals surface area (Å²) in [5.74, 6) is 0.0436. The summed E-state index contributed by atoms with van der Waals surface area (Å²) >= 11 is 2.87. The summed E-state index contributed by atoms with van der Waals surface area (Å²) in [4.78, 5) is 35.6. The highest BCUT2D eigenvalue weighted by Crippen LogP contribution is 2.68. The molecule has 204 valence electrons. The van der Waals surface area contributed by atoms with Gasteiger partial charge in [0.1, 0.15) is 11.9 Å². The fourth-order valence-electron chi connectivity index (χ4n) is 7.79. The normalized spacial score (nSPS) is 38.7. The molecule has 0 aliphatic heterocycles. The minimum absolute atomic E-state index is 0.0412. The molecule has 1 N–H and O–H groups in total. The van der Waals surface area contributed by atoms with Gasteiger partial charge in [0, 0.05) is 46.5 Å². The van der Waals surface area contributed by atoms with Crippen molar-refractivity contribution in [2.45, 2.75) is 76.3 Å². The Kier molecular flexibility index (Phi) is 7.37. The van der Waals surface area contributed by atoms with E-state index in [0.29, 0.717) is 12.8 Å². The molecule has 2 heterocycles. The second-order valence-corrected chi connectivity index (χ2v) is 14.2. The molecule has 2 aromatic rings. The number of carbonyl (C=O) groups is 2. The number of aromatic nitrogens is 2. The third kappa shape index (κ3) is 4.37. The molecule has 5 rings (SSSR count). The molecule has 0 saturated heterocycles. The first-order chi connectivity index (χ1) is 18.0. The van der Waals surface area contributed by atoms with Gasteiger partial charge in [0.15, 0.2) is 4.34 Å². The minimum atomic E-state index is -0.663. The first-order valence-corrected chi connectivity index (χ1v) is 15.4. The van der Waals surface area contributed by atoms with E-state index >= 15 is 0 Å². The average Bonchev–Trinajstić information content (AvgIpc) is 3.54. The summed E-state index contributed by atoms with van der Waals surface area (Å²) in [6.07, 6.45) is 7.81. The number of Topliss-reactive ketones (excluding diaryl/α,β-unsaturated/α-hetero) is 1. The number of esters is 1. The van der Waals surface area contributed by atoms with Crippen LogP contribution in [0, 0.1) is 34.0 Å². The second-order valence-electron chi connectivity index (χ2n) is 12.1. The third-order valence-corrected chi connectivity index (χ3v) is 12.3. The fourth-order valence-corrected chi connectivity index (χ4v) is 9.41. The maximum Gasteiger partial charge on any atom is 0.316 e. The standard InChI is InChI=1S/C30H38N2O4S2/c1-6-28(4)15-23(36-24(34)17-38-27-32-21(16-37-27)20-9-13-31-14-10-20)29(5)18(2)7-11-30(19(3)26(28)35)12-8-22(33)25(29)30/h6,9-10,13-14,16,18-19,23,25-26,35H,1,7-8,11-12,15,17H2,2-5H3/t18-,19+,23-,25+,26+,28-,29+,30+/m1/s1. The lowest BCUT2D eigenvalue weighted by Crippen LogP contribution is -2.63. The zero-order valence-corrected chi connectivity index (χ0v) is 24.3. The van der Waals surface area contributed by atoms with Crippen molar-refractivity contribution >= 4 is 34.9 Å². The number of hydrogen-bond acceptors (Lipinski definition) is 8. The van der Waals surface area contributed by atoms with E-state index in [1.54, 1.807) is 12.4 Å². The van der Waals surface area contributed by atoms with Gasteiger partial charge >= 0.3 is 5.97 Å². The van der Waals surface area contributed by atoms with E-state index in [-0.39, 0.29) is 40.7 Å². The van der Waals surface area contributed by atoms with Crippen LogP contribution in [0.15, 0.2) is 46.9 Å². The molecule has 2 bridgehead atoms. The highest BCUT2D eigenvalue weighted by atomic mass is 32.2. The van der Waals surface area contributed by atoms with Crippen LogP contribution >= 0.6 is 23.1 Å². The molecular formula is C30H38N2O4S2. The summed E-state index contributed by atoms with van der Waals surface area (Å²) in [5, 5.41) is 13.6. The van der Waals surface area contributed by atoms with Crippen molar-refractivity contribution in [2.24, 2.45) is 34.0 Å². The van der Waals surface area contributed by atoms with Gasteiger partial charge in [-0.1, -0.05) is 45.5 Å². The lowest BCUT2D eigenvalue weighted by Gasteiger charge is -2.61. The van der Waals surface area contributed by atoms with Gasteiger partial charge < -0.3 is 9.84 Å². The number of thioether (sulfide) groups is 1. The molecule has 0 aromatic carbocycles. The van der Waals surface area contributed by atoms with Crippen LogP contribution in [0.3, 0.4) is 0 Å². The van der Waals surface area contributed by atoms with Crippen LogP contribution in [-0.4, -0.2) is 44.8 Å². The SMILES string of the molecule is C=C[C@]1(C)C[C@@H](OC(=O)CSc2nc(-c3ccncc3)cs2)[C@]2(C)[C@H](C)CC[C@]3(CCC(=O)[C@H]32)[C@@H](C)[C@@H]1O. The maximum atomic E-state index is 13.5. The Morgan fingerprint density at radius 2 is 2.03 bits per heavy atom. The summed E-state index contributed by atoms with van der Waals surface area (Å²) in [5.41, 5.74) is 0.444. The summed E-state index contributed by atoms with van der Waals surface area (Å²) < 4.78 is 7.13. The van der Waals surface area contributed by atoms with E-state index in [0.717, 1.165) is 34.9 Å². The smallest absolute Gasteiger partial charge is 0.316 e. The molecule has 2 aromatic heterocycles. The van der Waals surface area contributed by atoms with E-state index in [4.69, 9.17) is 4.74 Å². The molecule has 3 aliphatic carbocycles. The molecule has 38 heavy (non-hydrogen) atoms. The van der Waals surface area contributed by atoms with E-state index < -0.39 is 23.0 Å². The summed E-state index contributed by atoms with van der Waals surface area (Å²) in [6, 6.07) is 3.82. The fraction of sp³-hybridized carbons (Fsp3) is 0.600. The van der Waals surface area contributed by atoms with Crippen LogP contribution in [0.2, 0.25) is 0 Å². The Labute approximate surface area is 233 Å². The monoisotopic (exact) mass is 554 g/mol. The number of nitrogens with zero attached hydrogens (tertiary/aromatic N) is 2. The molecule has 3 aliphatic rings. The number of aliphatic hydroxyl groups is 1. The highest BCUT2D eigenvalue weighted by Gasteiger charge is 2.68. The number of pyridine rings is 1. The average molecular weight is 555 g/mol. The first-order valence-electron chi connectivity index (χ1n) is 13.6. The van der Waals surface area contributed by atoms with Crippen molar-refractivity contribution in [1.82, 2.24) is 9.97 Å². The largest absolute Gasteiger partial charge is 0.461 e. The predicted octanol–water partition coefficient (Wildman–Crippen LogP) is 6.20. The molecule has 3 saturated carbocycles. The van der Waals surface area contributed by atoms with Crippen LogP contribution in [0.4, 0.5) is 0 Å². The van der Waals surface area contributed by atoms with Crippen LogP contribution in [0.5, 0.6) is 0 Å². The topological polar surface area (TPSA) is 89.4 Å². The lowest BCUT2D eigenvalue weighted by atomic mass is 9.44. The van der Waals surface area contributed by atoms with Crippen LogP contribution in [-0.2, 0) is 14.3 Å². The van der Waals surface area contributed by atoms with Gasteiger partial charge in [-0.05, 0) is 55.1 Å². The predicted molar refractivity (Wildman–Crippen MR) is 151 cm³/mol. The minimum Gasteiger partial charge on any atom is -0.461 e. The molecule has 0 unspecified atom stereocenters. The molecule has 6 nitrogen and oxygen atoms in total. The Balaban J connectivity index is 1.40. The molecule has 0 spiro atoms. The Morgan fingerprint density at radius 3 is 2.74 bits per heavy atom. The number of hydrogen-bond donors (Lipinski definition) is 1.